The molecule has 0 saturated carbocycles. The van der Waals surface area contributed by atoms with Crippen LogP contribution in [0, 0.1) is 5.92 Å². The molecule has 0 aromatic heterocycles. The Kier molecular flexibility index (Phi) is 5.60. The summed E-state index contributed by atoms with van der Waals surface area (Å²) >= 11 is 0. The molecule has 10 heteroatoms. The van der Waals surface area contributed by atoms with E-state index in [1.54, 1.807) is 24.3 Å². The van der Waals surface area contributed by atoms with E-state index in [2.05, 4.69) is 5.32 Å². The van der Waals surface area contributed by atoms with E-state index >= 15 is 0 Å². The van der Waals surface area contributed by atoms with E-state index in [0.717, 1.165) is 4.90 Å². The van der Waals surface area contributed by atoms with Gasteiger partial charge in [-0.25, -0.2) is 4.79 Å². The first-order chi connectivity index (χ1) is 14.1. The Hall–Kier alpha value is -3.30. The fourth-order valence-corrected chi connectivity index (χ4v) is 3.94. The highest BCUT2D eigenvalue weighted by Gasteiger charge is 2.57. The van der Waals surface area contributed by atoms with Crippen molar-refractivity contribution in [3.63, 3.8) is 0 Å². The van der Waals surface area contributed by atoms with E-state index < -0.39 is 41.5 Å². The zero-order chi connectivity index (χ0) is 22.2. The van der Waals surface area contributed by atoms with Gasteiger partial charge in [-0.1, -0.05) is 26.0 Å². The topological polar surface area (TPSA) is 142 Å². The van der Waals surface area contributed by atoms with E-state index in [4.69, 9.17) is 10.5 Å². The van der Waals surface area contributed by atoms with Crippen LogP contribution in [-0.2, 0) is 14.4 Å². The molecule has 4 amide bonds. The number of carboxylic acid groups (broad SMARTS) is 1. The molecule has 1 saturated heterocycles. The number of para-hydroxylation sites is 2. The molecule has 1 aromatic rings. The second kappa shape index (κ2) is 7.85. The lowest BCUT2D eigenvalue weighted by molar-refractivity contribution is -0.142. The number of anilines is 1. The summed E-state index contributed by atoms with van der Waals surface area (Å²) in [4.78, 5) is 52.0. The minimum atomic E-state index is -1.48. The van der Waals surface area contributed by atoms with E-state index in [0.29, 0.717) is 11.4 Å². The lowest BCUT2D eigenvalue weighted by Crippen LogP contribution is -2.55. The van der Waals surface area contributed by atoms with E-state index in [9.17, 15) is 24.3 Å². The first kappa shape index (κ1) is 21.4. The van der Waals surface area contributed by atoms with Gasteiger partial charge in [0.05, 0.1) is 12.2 Å². The normalized spacial score (nSPS) is 23.5. The Labute approximate surface area is 173 Å². The van der Waals surface area contributed by atoms with Gasteiger partial charge in [0.1, 0.15) is 17.8 Å². The Morgan fingerprint density at radius 1 is 1.37 bits per heavy atom. The molecule has 0 aliphatic carbocycles. The van der Waals surface area contributed by atoms with E-state index in [1.807, 2.05) is 13.8 Å². The van der Waals surface area contributed by atoms with Gasteiger partial charge in [-0.3, -0.25) is 19.3 Å². The molecule has 2 heterocycles. The predicted molar refractivity (Wildman–Crippen MR) is 107 cm³/mol. The lowest BCUT2D eigenvalue weighted by atomic mass is 9.96. The number of hydrogen-bond donors (Lipinski definition) is 3. The molecule has 10 nitrogen and oxygen atoms in total. The number of likely N-dealkylation sites (N-methyl/N-ethyl adjacent to an activating group) is 1. The third kappa shape index (κ3) is 3.77. The number of rotatable bonds is 5. The number of ether oxygens (including phenoxy) is 1. The fraction of sp³-hybridized carbons (Fsp3) is 0.500. The number of carbonyl (C=O) groups excluding carboxylic acids is 3. The molecule has 162 valence electrons. The molecule has 2 aliphatic heterocycles. The van der Waals surface area contributed by atoms with Crippen molar-refractivity contribution in [3.8, 4) is 5.75 Å². The highest BCUT2D eigenvalue weighted by Crippen LogP contribution is 2.40. The molecule has 1 spiro atoms. The summed E-state index contributed by atoms with van der Waals surface area (Å²) in [6.45, 7) is 3.52. The quantitative estimate of drug-likeness (QED) is 0.648. The van der Waals surface area contributed by atoms with Crippen LogP contribution in [0.25, 0.3) is 0 Å². The largest absolute Gasteiger partial charge is 0.473 e. The van der Waals surface area contributed by atoms with Gasteiger partial charge in [0.2, 0.25) is 17.4 Å². The summed E-state index contributed by atoms with van der Waals surface area (Å²) in [5, 5.41) is 12.2. The number of nitrogens with two attached hydrogens (primary N) is 1. The molecule has 4 N–H and O–H groups in total. The Balaban J connectivity index is 1.94. The summed E-state index contributed by atoms with van der Waals surface area (Å²) in [6, 6.07) is 4.75. The summed E-state index contributed by atoms with van der Waals surface area (Å²) in [7, 11) is 1.30. The van der Waals surface area contributed by atoms with Crippen LogP contribution < -0.4 is 15.8 Å². The molecule has 0 bridgehead atoms. The number of amides is 4. The maximum atomic E-state index is 13.3. The van der Waals surface area contributed by atoms with Crippen LogP contribution in [0.4, 0.5) is 10.5 Å². The van der Waals surface area contributed by atoms with Crippen LogP contribution in [0.3, 0.4) is 0 Å². The number of likely N-dealkylation sites (tertiary alicyclic amines) is 1. The van der Waals surface area contributed by atoms with Crippen LogP contribution in [0.15, 0.2) is 24.3 Å². The molecule has 1 aromatic carbocycles. The second-order valence-electron chi connectivity index (χ2n) is 8.17. The monoisotopic (exact) mass is 418 g/mol. The van der Waals surface area contributed by atoms with Gasteiger partial charge in [0.15, 0.2) is 0 Å². The number of benzene rings is 1. The molecule has 2 unspecified atom stereocenters. The number of primary amides is 1. The molecule has 30 heavy (non-hydrogen) atoms. The van der Waals surface area contributed by atoms with Crippen molar-refractivity contribution in [1.82, 2.24) is 9.80 Å². The van der Waals surface area contributed by atoms with Crippen LogP contribution in [0.5, 0.6) is 5.75 Å². The fourth-order valence-electron chi connectivity index (χ4n) is 3.94. The van der Waals surface area contributed by atoms with Crippen molar-refractivity contribution in [3.05, 3.63) is 24.3 Å². The number of carbonyl (C=O) groups is 4. The Bertz CT molecular complexity index is 888. The summed E-state index contributed by atoms with van der Waals surface area (Å²) in [6.07, 6.45) is -1.12. The van der Waals surface area contributed by atoms with Gasteiger partial charge >= 0.3 is 6.09 Å². The van der Waals surface area contributed by atoms with E-state index in [1.165, 1.54) is 11.9 Å². The predicted octanol–water partition coefficient (Wildman–Crippen LogP) is 0.867. The van der Waals surface area contributed by atoms with Crippen molar-refractivity contribution in [2.75, 3.05) is 18.9 Å². The minimum absolute atomic E-state index is 0.0189. The zero-order valence-electron chi connectivity index (χ0n) is 17.1. The van der Waals surface area contributed by atoms with Gasteiger partial charge in [-0.05, 0) is 24.5 Å². The first-order valence-electron chi connectivity index (χ1n) is 9.71. The van der Waals surface area contributed by atoms with Gasteiger partial charge in [-0.2, -0.15) is 0 Å². The zero-order valence-corrected chi connectivity index (χ0v) is 17.1. The van der Waals surface area contributed by atoms with Crippen LogP contribution in [0.1, 0.15) is 26.7 Å². The van der Waals surface area contributed by atoms with Crippen molar-refractivity contribution in [2.24, 2.45) is 11.7 Å². The lowest BCUT2D eigenvalue weighted by Gasteiger charge is -2.35. The van der Waals surface area contributed by atoms with Crippen LogP contribution in [-0.4, -0.2) is 70.0 Å². The molecule has 1 fully saturated rings. The molecule has 2 aliphatic rings. The third-order valence-corrected chi connectivity index (χ3v) is 5.54. The third-order valence-electron chi connectivity index (χ3n) is 5.54. The molecular weight excluding hydrogens is 392 g/mol. The average molecular weight is 418 g/mol. The van der Waals surface area contributed by atoms with Crippen molar-refractivity contribution < 1.29 is 29.0 Å². The maximum absolute atomic E-state index is 13.3. The maximum Gasteiger partial charge on any atom is 0.407 e. The van der Waals surface area contributed by atoms with Gasteiger partial charge in [-0.15, -0.1) is 0 Å². The van der Waals surface area contributed by atoms with E-state index in [-0.39, 0.29) is 25.3 Å². The van der Waals surface area contributed by atoms with Crippen LogP contribution in [0.2, 0.25) is 0 Å². The average Bonchev–Trinajstić information content (AvgIpc) is 3.06. The SMILES string of the molecule is CC(C)CC(C(=O)N1CC2(C[C@H]1C(N)=O)Oc1ccccc1NC2=O)N(C)C(=O)O. The van der Waals surface area contributed by atoms with Gasteiger partial charge in [0.25, 0.3) is 5.91 Å². The number of hydrogen-bond acceptors (Lipinski definition) is 5. The minimum Gasteiger partial charge on any atom is -0.473 e. The molecule has 3 atom stereocenters. The summed E-state index contributed by atoms with van der Waals surface area (Å²) in [5.41, 5.74) is 4.56. The summed E-state index contributed by atoms with van der Waals surface area (Å²) < 4.78 is 5.98. The number of nitrogens with one attached hydrogen (secondary N) is 1. The molecule has 0 radical (unpaired) electrons. The number of nitrogens with zero attached hydrogens (tertiary/aromatic N) is 2. The van der Waals surface area contributed by atoms with Gasteiger partial charge < -0.3 is 25.8 Å². The Morgan fingerprint density at radius 2 is 2.03 bits per heavy atom. The van der Waals surface area contributed by atoms with Crippen molar-refractivity contribution in [1.29, 1.82) is 0 Å². The smallest absolute Gasteiger partial charge is 0.407 e. The van der Waals surface area contributed by atoms with Gasteiger partial charge in [0, 0.05) is 13.5 Å². The van der Waals surface area contributed by atoms with Crippen molar-refractivity contribution >= 4 is 29.5 Å². The summed E-state index contributed by atoms with van der Waals surface area (Å²) in [5.74, 6) is -1.39. The molecule has 3 rings (SSSR count). The highest BCUT2D eigenvalue weighted by molar-refractivity contribution is 6.03. The highest BCUT2D eigenvalue weighted by atomic mass is 16.5. The second-order valence-corrected chi connectivity index (χ2v) is 8.17. The van der Waals surface area contributed by atoms with Crippen molar-refractivity contribution in [2.45, 2.75) is 44.4 Å². The Morgan fingerprint density at radius 3 is 2.63 bits per heavy atom. The number of fused-ring (bicyclic) bond motifs is 1. The first-order valence-corrected chi connectivity index (χ1v) is 9.71. The standard InChI is InChI=1S/C20H26N4O6/c1-11(2)8-13(23(3)19(28)29)17(26)24-10-20(9-14(24)16(21)25)18(27)22-12-6-4-5-7-15(12)30-20/h4-7,11,13-14H,8-10H2,1-3H3,(H2,21,25)(H,22,27)(H,28,29)/t13?,14-,20?/m0/s1. The molecular formula is C20H26N4O6. The van der Waals surface area contributed by atoms with Crippen LogP contribution >= 0.6 is 0 Å².